The van der Waals surface area contributed by atoms with Gasteiger partial charge in [0.05, 0.1) is 27.2 Å². The van der Waals surface area contributed by atoms with Gasteiger partial charge < -0.3 is 15.2 Å². The van der Waals surface area contributed by atoms with E-state index in [1.165, 1.54) is 36.4 Å². The van der Waals surface area contributed by atoms with Gasteiger partial charge in [-0.2, -0.15) is 0 Å². The van der Waals surface area contributed by atoms with Gasteiger partial charge in [0.25, 0.3) is 11.6 Å². The molecule has 0 unspecified atom stereocenters. The number of non-ortho nitro benzene ring substituents is 1. The Kier molecular flexibility index (Phi) is 5.28. The van der Waals surface area contributed by atoms with Crippen molar-refractivity contribution in [2.75, 3.05) is 0 Å². The lowest BCUT2D eigenvalue weighted by Gasteiger charge is -2.11. The molecule has 2 aromatic carbocycles. The summed E-state index contributed by atoms with van der Waals surface area (Å²) in [7, 11) is 0. The van der Waals surface area contributed by atoms with Gasteiger partial charge >= 0.3 is 0 Å². The van der Waals surface area contributed by atoms with E-state index in [1.54, 1.807) is 12.1 Å². The van der Waals surface area contributed by atoms with Gasteiger partial charge in [-0.05, 0) is 23.8 Å². The second kappa shape index (κ2) is 7.38. The highest BCUT2D eigenvalue weighted by Crippen LogP contribution is 2.17. The minimum Gasteiger partial charge on any atom is -0.543 e. The van der Waals surface area contributed by atoms with Crippen LogP contribution in [0.4, 0.5) is 5.69 Å². The van der Waals surface area contributed by atoms with Crippen molar-refractivity contribution >= 4 is 35.2 Å². The van der Waals surface area contributed by atoms with Crippen molar-refractivity contribution in [3.05, 3.63) is 80.5 Å². The van der Waals surface area contributed by atoms with Gasteiger partial charge in [-0.3, -0.25) is 14.9 Å². The molecular formula is C16H10ClN2O5-. The SMILES string of the molecule is O=C([O-])/C(=C\c1cccc([N+](=O)[O-])c1)NC(=O)c1ccccc1Cl. The molecule has 2 rings (SSSR count). The zero-order valence-corrected chi connectivity index (χ0v) is 12.8. The third kappa shape index (κ3) is 4.17. The zero-order valence-electron chi connectivity index (χ0n) is 12.1. The highest BCUT2D eigenvalue weighted by atomic mass is 35.5. The Morgan fingerprint density at radius 2 is 1.83 bits per heavy atom. The minimum atomic E-state index is -1.64. The summed E-state index contributed by atoms with van der Waals surface area (Å²) < 4.78 is 0. The van der Waals surface area contributed by atoms with Crippen LogP contribution in [-0.2, 0) is 4.79 Å². The number of carbonyl (C=O) groups excluding carboxylic acids is 2. The number of hydrogen-bond donors (Lipinski definition) is 1. The van der Waals surface area contributed by atoms with E-state index in [4.69, 9.17) is 11.6 Å². The van der Waals surface area contributed by atoms with E-state index in [1.807, 2.05) is 0 Å². The lowest BCUT2D eigenvalue weighted by atomic mass is 10.1. The molecule has 24 heavy (non-hydrogen) atoms. The number of carboxylic acids is 1. The maximum atomic E-state index is 12.1. The molecule has 0 radical (unpaired) electrons. The maximum Gasteiger partial charge on any atom is 0.270 e. The molecule has 7 nitrogen and oxygen atoms in total. The number of aliphatic carboxylic acids is 1. The molecule has 1 N–H and O–H groups in total. The molecule has 0 heterocycles. The summed E-state index contributed by atoms with van der Waals surface area (Å²) in [5.41, 5.74) is -0.437. The molecule has 1 amide bonds. The number of nitrogens with zero attached hydrogens (tertiary/aromatic N) is 1. The highest BCUT2D eigenvalue weighted by Gasteiger charge is 2.12. The van der Waals surface area contributed by atoms with Crippen LogP contribution in [0.1, 0.15) is 15.9 Å². The van der Waals surface area contributed by atoms with Crippen LogP contribution in [0.2, 0.25) is 5.02 Å². The molecule has 0 aliphatic carbocycles. The number of hydrogen-bond acceptors (Lipinski definition) is 5. The highest BCUT2D eigenvalue weighted by molar-refractivity contribution is 6.34. The Morgan fingerprint density at radius 3 is 2.46 bits per heavy atom. The Labute approximate surface area is 141 Å². The largest absolute Gasteiger partial charge is 0.543 e. The number of nitro benzene ring substituents is 1. The molecule has 0 spiro atoms. The van der Waals surface area contributed by atoms with Crippen LogP contribution in [-0.4, -0.2) is 16.8 Å². The quantitative estimate of drug-likeness (QED) is 0.504. The van der Waals surface area contributed by atoms with E-state index in [-0.39, 0.29) is 21.8 Å². The van der Waals surface area contributed by atoms with Crippen LogP contribution < -0.4 is 10.4 Å². The number of nitro groups is 1. The summed E-state index contributed by atoms with van der Waals surface area (Å²) in [6.45, 7) is 0. The Hall–Kier alpha value is -3.19. The number of carbonyl (C=O) groups is 2. The predicted molar refractivity (Wildman–Crippen MR) is 85.0 cm³/mol. The average molecular weight is 346 g/mol. The van der Waals surface area contributed by atoms with Crippen molar-refractivity contribution in [2.24, 2.45) is 0 Å². The molecule has 0 aliphatic heterocycles. The maximum absolute atomic E-state index is 12.1. The minimum absolute atomic E-state index is 0.0883. The van der Waals surface area contributed by atoms with Crippen molar-refractivity contribution in [1.29, 1.82) is 0 Å². The second-order valence-electron chi connectivity index (χ2n) is 4.63. The average Bonchev–Trinajstić information content (AvgIpc) is 2.54. The predicted octanol–water partition coefficient (Wildman–Crippen LogP) is 1.77. The Morgan fingerprint density at radius 1 is 1.12 bits per heavy atom. The van der Waals surface area contributed by atoms with Crippen molar-refractivity contribution in [2.45, 2.75) is 0 Å². The van der Waals surface area contributed by atoms with Crippen LogP contribution in [0, 0.1) is 10.1 Å². The third-order valence-electron chi connectivity index (χ3n) is 2.98. The smallest absolute Gasteiger partial charge is 0.270 e. The molecule has 122 valence electrons. The Balaban J connectivity index is 2.31. The van der Waals surface area contributed by atoms with E-state index in [0.717, 1.165) is 6.08 Å². The molecule has 2 aromatic rings. The fourth-order valence-electron chi connectivity index (χ4n) is 1.88. The van der Waals surface area contributed by atoms with Crippen molar-refractivity contribution in [3.63, 3.8) is 0 Å². The van der Waals surface area contributed by atoms with Gasteiger partial charge in [0.2, 0.25) is 0 Å². The summed E-state index contributed by atoms with van der Waals surface area (Å²) in [4.78, 5) is 33.5. The lowest BCUT2D eigenvalue weighted by molar-refractivity contribution is -0.384. The normalized spacial score (nSPS) is 11.0. The number of carboxylic acid groups (broad SMARTS) is 1. The molecular weight excluding hydrogens is 336 g/mol. The number of nitrogens with one attached hydrogen (secondary N) is 1. The van der Waals surface area contributed by atoms with Gasteiger partial charge in [-0.1, -0.05) is 35.9 Å². The molecule has 0 saturated carbocycles. The lowest BCUT2D eigenvalue weighted by Crippen LogP contribution is -2.35. The van der Waals surface area contributed by atoms with Gasteiger partial charge in [0, 0.05) is 12.1 Å². The van der Waals surface area contributed by atoms with E-state index in [0.29, 0.717) is 0 Å². The standard InChI is InChI=1S/C16H11ClN2O5/c17-13-7-2-1-6-12(13)15(20)18-14(16(21)22)9-10-4-3-5-11(8-10)19(23)24/h1-9H,(H,18,20)(H,21,22)/p-1/b14-9+. The van der Waals surface area contributed by atoms with Crippen LogP contribution in [0.15, 0.2) is 54.2 Å². The summed E-state index contributed by atoms with van der Waals surface area (Å²) >= 11 is 5.88. The van der Waals surface area contributed by atoms with Gasteiger partial charge in [-0.15, -0.1) is 0 Å². The van der Waals surface area contributed by atoms with Crippen molar-refractivity contribution in [3.8, 4) is 0 Å². The third-order valence-corrected chi connectivity index (χ3v) is 3.31. The number of halogens is 1. The molecule has 0 bridgehead atoms. The first-order valence-electron chi connectivity index (χ1n) is 6.62. The summed E-state index contributed by atoms with van der Waals surface area (Å²) in [5, 5.41) is 24.3. The van der Waals surface area contributed by atoms with Crippen LogP contribution in [0.3, 0.4) is 0 Å². The van der Waals surface area contributed by atoms with Crippen LogP contribution in [0.25, 0.3) is 6.08 Å². The first kappa shape index (κ1) is 17.2. The van der Waals surface area contributed by atoms with Gasteiger partial charge in [-0.25, -0.2) is 0 Å². The van der Waals surface area contributed by atoms with Crippen LogP contribution >= 0.6 is 11.6 Å². The Bertz CT molecular complexity index is 848. The second-order valence-corrected chi connectivity index (χ2v) is 5.04. The summed E-state index contributed by atoms with van der Waals surface area (Å²) in [6, 6.07) is 11.4. The molecule has 0 saturated heterocycles. The summed E-state index contributed by atoms with van der Waals surface area (Å²) in [5.74, 6) is -2.37. The van der Waals surface area contributed by atoms with Crippen molar-refractivity contribution < 1.29 is 19.6 Å². The van der Waals surface area contributed by atoms with Gasteiger partial charge in [0.1, 0.15) is 0 Å². The van der Waals surface area contributed by atoms with Crippen LogP contribution in [0.5, 0.6) is 0 Å². The number of rotatable bonds is 5. The fraction of sp³-hybridized carbons (Fsp3) is 0. The first-order chi connectivity index (χ1) is 11.4. The zero-order chi connectivity index (χ0) is 17.7. The fourth-order valence-corrected chi connectivity index (χ4v) is 2.10. The monoisotopic (exact) mass is 345 g/mol. The van der Waals surface area contributed by atoms with E-state index >= 15 is 0 Å². The number of benzene rings is 2. The number of amides is 1. The molecule has 0 aromatic heterocycles. The molecule has 0 aliphatic rings. The molecule has 8 heteroatoms. The van der Waals surface area contributed by atoms with E-state index in [9.17, 15) is 24.8 Å². The van der Waals surface area contributed by atoms with Crippen molar-refractivity contribution in [1.82, 2.24) is 5.32 Å². The van der Waals surface area contributed by atoms with Gasteiger partial charge in [0.15, 0.2) is 0 Å². The summed E-state index contributed by atoms with van der Waals surface area (Å²) in [6.07, 6.45) is 1.07. The van der Waals surface area contributed by atoms with E-state index in [2.05, 4.69) is 5.32 Å². The first-order valence-corrected chi connectivity index (χ1v) is 6.99. The van der Waals surface area contributed by atoms with E-state index < -0.39 is 22.5 Å². The topological polar surface area (TPSA) is 112 Å². The molecule has 0 atom stereocenters. The molecule has 0 fully saturated rings.